The highest BCUT2D eigenvalue weighted by atomic mass is 16.5. The van der Waals surface area contributed by atoms with E-state index in [1.165, 1.54) is 0 Å². The summed E-state index contributed by atoms with van der Waals surface area (Å²) in [6.45, 7) is 5.12. The van der Waals surface area contributed by atoms with E-state index in [-0.39, 0.29) is 5.91 Å². The minimum atomic E-state index is -0.434. The van der Waals surface area contributed by atoms with Gasteiger partial charge in [-0.05, 0) is 39.7 Å². The lowest BCUT2D eigenvalue weighted by atomic mass is 9.90. The molecule has 1 unspecified atom stereocenters. The van der Waals surface area contributed by atoms with E-state index in [0.717, 1.165) is 37.3 Å². The van der Waals surface area contributed by atoms with E-state index in [1.54, 1.807) is 0 Å². The maximum Gasteiger partial charge on any atom is 0.240 e. The Morgan fingerprint density at radius 2 is 2.47 bits per heavy atom. The highest BCUT2D eigenvalue weighted by Crippen LogP contribution is 2.18. The van der Waals surface area contributed by atoms with Crippen LogP contribution in [0.1, 0.15) is 37.6 Å². The van der Waals surface area contributed by atoms with Crippen molar-refractivity contribution in [2.45, 2.75) is 45.2 Å². The Hall–Kier alpha value is -1.36. The summed E-state index contributed by atoms with van der Waals surface area (Å²) in [4.78, 5) is 12.1. The number of amides is 1. The second-order valence-electron chi connectivity index (χ2n) is 4.83. The first-order chi connectivity index (χ1) is 8.10. The lowest BCUT2D eigenvalue weighted by Gasteiger charge is -2.33. The first-order valence-electron chi connectivity index (χ1n) is 6.06. The molecule has 1 aliphatic heterocycles. The average Bonchev–Trinajstić information content (AvgIpc) is 2.73. The van der Waals surface area contributed by atoms with Gasteiger partial charge in [0.05, 0.1) is 12.1 Å². The second kappa shape index (κ2) is 4.87. The third-order valence-electron chi connectivity index (χ3n) is 3.23. The summed E-state index contributed by atoms with van der Waals surface area (Å²) in [5.41, 5.74) is 0.326. The van der Waals surface area contributed by atoms with Crippen LogP contribution in [0.15, 0.2) is 10.6 Å². The topological polar surface area (TPSA) is 67.2 Å². The molecule has 0 aromatic carbocycles. The van der Waals surface area contributed by atoms with Crippen molar-refractivity contribution in [3.8, 4) is 0 Å². The van der Waals surface area contributed by atoms with Crippen molar-refractivity contribution in [3.05, 3.63) is 17.5 Å². The molecule has 1 aromatic heterocycles. The van der Waals surface area contributed by atoms with E-state index < -0.39 is 5.54 Å². The molecular formula is C12H19N3O2. The SMILES string of the molecule is Cc1cc(CNC(=O)C2(C)CCCCN2)no1. The van der Waals surface area contributed by atoms with Crippen molar-refractivity contribution in [2.24, 2.45) is 0 Å². The Kier molecular flexibility index (Phi) is 3.47. The lowest BCUT2D eigenvalue weighted by molar-refractivity contribution is -0.128. The van der Waals surface area contributed by atoms with Crippen LogP contribution in [0, 0.1) is 6.92 Å². The molecule has 1 fully saturated rings. The second-order valence-corrected chi connectivity index (χ2v) is 4.83. The Labute approximate surface area is 101 Å². The highest BCUT2D eigenvalue weighted by molar-refractivity contribution is 5.85. The van der Waals surface area contributed by atoms with Crippen LogP contribution >= 0.6 is 0 Å². The number of aromatic nitrogens is 1. The molecule has 2 N–H and O–H groups in total. The Bertz CT molecular complexity index is 394. The predicted octanol–water partition coefficient (Wildman–Crippen LogP) is 1.13. The minimum absolute atomic E-state index is 0.0397. The quantitative estimate of drug-likeness (QED) is 0.827. The molecule has 1 aromatic rings. The van der Waals surface area contributed by atoms with Crippen LogP contribution in [-0.4, -0.2) is 23.1 Å². The molecule has 2 rings (SSSR count). The number of nitrogens with zero attached hydrogens (tertiary/aromatic N) is 1. The summed E-state index contributed by atoms with van der Waals surface area (Å²) in [7, 11) is 0. The third-order valence-corrected chi connectivity index (χ3v) is 3.23. The molecule has 1 atom stereocenters. The summed E-state index contributed by atoms with van der Waals surface area (Å²) in [6, 6.07) is 1.83. The lowest BCUT2D eigenvalue weighted by Crippen LogP contribution is -2.56. The standard InChI is InChI=1S/C12H19N3O2/c1-9-7-10(15-17-9)8-13-11(16)12(2)5-3-4-6-14-12/h7,14H,3-6,8H2,1-2H3,(H,13,16). The average molecular weight is 237 g/mol. The van der Waals surface area contributed by atoms with Gasteiger partial charge < -0.3 is 15.2 Å². The van der Waals surface area contributed by atoms with E-state index in [1.807, 2.05) is 19.9 Å². The molecule has 1 aliphatic rings. The summed E-state index contributed by atoms with van der Waals surface area (Å²) in [5.74, 6) is 0.800. The van der Waals surface area contributed by atoms with Gasteiger partial charge in [0.2, 0.25) is 5.91 Å². The van der Waals surface area contributed by atoms with E-state index in [9.17, 15) is 4.79 Å². The number of hydrogen-bond acceptors (Lipinski definition) is 4. The summed E-state index contributed by atoms with van der Waals surface area (Å²) < 4.78 is 4.95. The molecule has 1 amide bonds. The van der Waals surface area contributed by atoms with Crippen LogP contribution in [0.5, 0.6) is 0 Å². The maximum absolute atomic E-state index is 12.1. The monoisotopic (exact) mass is 237 g/mol. The van der Waals surface area contributed by atoms with E-state index in [0.29, 0.717) is 6.54 Å². The van der Waals surface area contributed by atoms with Crippen LogP contribution in [0.2, 0.25) is 0 Å². The normalized spacial score (nSPS) is 24.6. The summed E-state index contributed by atoms with van der Waals surface area (Å²) in [6.07, 6.45) is 3.13. The fourth-order valence-electron chi connectivity index (χ4n) is 2.12. The molecule has 1 saturated heterocycles. The molecule has 0 spiro atoms. The van der Waals surface area contributed by atoms with Gasteiger partial charge in [-0.2, -0.15) is 0 Å². The summed E-state index contributed by atoms with van der Waals surface area (Å²) in [5, 5.41) is 10.0. The Balaban J connectivity index is 1.88. The number of rotatable bonds is 3. The van der Waals surface area contributed by atoms with Crippen LogP contribution in [0.4, 0.5) is 0 Å². The largest absolute Gasteiger partial charge is 0.361 e. The van der Waals surface area contributed by atoms with E-state index >= 15 is 0 Å². The fourth-order valence-corrected chi connectivity index (χ4v) is 2.12. The van der Waals surface area contributed by atoms with Crippen molar-refractivity contribution in [1.82, 2.24) is 15.8 Å². The van der Waals surface area contributed by atoms with Gasteiger partial charge in [-0.25, -0.2) is 0 Å². The zero-order valence-corrected chi connectivity index (χ0v) is 10.4. The van der Waals surface area contributed by atoms with Gasteiger partial charge in [-0.1, -0.05) is 5.16 Å². The van der Waals surface area contributed by atoms with E-state index in [4.69, 9.17) is 4.52 Å². The van der Waals surface area contributed by atoms with Crippen molar-refractivity contribution in [2.75, 3.05) is 6.54 Å². The summed E-state index contributed by atoms with van der Waals surface area (Å²) >= 11 is 0. The van der Waals surface area contributed by atoms with Gasteiger partial charge in [0.25, 0.3) is 0 Å². The zero-order chi connectivity index (χ0) is 12.3. The fraction of sp³-hybridized carbons (Fsp3) is 0.667. The molecule has 0 saturated carbocycles. The number of carbonyl (C=O) groups is 1. The van der Waals surface area contributed by atoms with Gasteiger partial charge in [0, 0.05) is 6.07 Å². The molecule has 0 radical (unpaired) electrons. The van der Waals surface area contributed by atoms with Gasteiger partial charge in [0.15, 0.2) is 0 Å². The first-order valence-corrected chi connectivity index (χ1v) is 6.06. The van der Waals surface area contributed by atoms with Gasteiger partial charge in [0.1, 0.15) is 11.5 Å². The molecule has 5 heteroatoms. The molecule has 94 valence electrons. The molecule has 2 heterocycles. The van der Waals surface area contributed by atoms with E-state index in [2.05, 4.69) is 15.8 Å². The number of nitrogens with one attached hydrogen (secondary N) is 2. The van der Waals surface area contributed by atoms with Crippen molar-refractivity contribution < 1.29 is 9.32 Å². The Morgan fingerprint density at radius 1 is 1.65 bits per heavy atom. The molecular weight excluding hydrogens is 218 g/mol. The number of carbonyl (C=O) groups excluding carboxylic acids is 1. The van der Waals surface area contributed by atoms with Gasteiger partial charge >= 0.3 is 0 Å². The number of hydrogen-bond donors (Lipinski definition) is 2. The van der Waals surface area contributed by atoms with Crippen LogP contribution in [0.25, 0.3) is 0 Å². The van der Waals surface area contributed by atoms with Crippen molar-refractivity contribution >= 4 is 5.91 Å². The molecule has 5 nitrogen and oxygen atoms in total. The van der Waals surface area contributed by atoms with Crippen molar-refractivity contribution in [1.29, 1.82) is 0 Å². The van der Waals surface area contributed by atoms with Gasteiger partial charge in [-0.3, -0.25) is 4.79 Å². The number of piperidine rings is 1. The zero-order valence-electron chi connectivity index (χ0n) is 10.4. The third kappa shape index (κ3) is 2.85. The molecule has 0 aliphatic carbocycles. The number of aryl methyl sites for hydroxylation is 1. The van der Waals surface area contributed by atoms with Crippen molar-refractivity contribution in [3.63, 3.8) is 0 Å². The van der Waals surface area contributed by atoms with Crippen LogP contribution in [-0.2, 0) is 11.3 Å². The minimum Gasteiger partial charge on any atom is -0.361 e. The highest BCUT2D eigenvalue weighted by Gasteiger charge is 2.33. The van der Waals surface area contributed by atoms with Crippen LogP contribution in [0.3, 0.4) is 0 Å². The molecule has 17 heavy (non-hydrogen) atoms. The first kappa shape index (κ1) is 12.1. The smallest absolute Gasteiger partial charge is 0.240 e. The van der Waals surface area contributed by atoms with Crippen LogP contribution < -0.4 is 10.6 Å². The Morgan fingerprint density at radius 3 is 3.06 bits per heavy atom. The predicted molar refractivity (Wildman–Crippen MR) is 63.3 cm³/mol. The van der Waals surface area contributed by atoms with Gasteiger partial charge in [-0.15, -0.1) is 0 Å². The maximum atomic E-state index is 12.1. The molecule has 0 bridgehead atoms.